The third-order valence-corrected chi connectivity index (χ3v) is 3.90. The van der Waals surface area contributed by atoms with E-state index < -0.39 is 0 Å². The highest BCUT2D eigenvalue weighted by atomic mass is 16.3. The summed E-state index contributed by atoms with van der Waals surface area (Å²) in [5.74, 6) is 1.46. The molecule has 0 aliphatic heterocycles. The van der Waals surface area contributed by atoms with Gasteiger partial charge in [-0.1, -0.05) is 64.4 Å². The molecule has 1 N–H and O–H groups in total. The van der Waals surface area contributed by atoms with Crippen LogP contribution >= 0.6 is 0 Å². The molecule has 0 saturated carbocycles. The van der Waals surface area contributed by atoms with Crippen LogP contribution in [0.1, 0.15) is 58.4 Å². The van der Waals surface area contributed by atoms with Crippen molar-refractivity contribution in [1.82, 2.24) is 0 Å². The number of hydrogen-bond acceptors (Lipinski definition) is 1. The van der Waals surface area contributed by atoms with Gasteiger partial charge >= 0.3 is 0 Å². The van der Waals surface area contributed by atoms with E-state index in [0.29, 0.717) is 11.8 Å². The quantitative estimate of drug-likeness (QED) is 0.747. The van der Waals surface area contributed by atoms with Crippen molar-refractivity contribution in [2.75, 3.05) is 0 Å². The largest absolute Gasteiger partial charge is 0.392 e. The molecule has 0 heterocycles. The molecule has 1 nitrogen and oxygen atoms in total. The van der Waals surface area contributed by atoms with E-state index in [1.807, 2.05) is 6.07 Å². The van der Waals surface area contributed by atoms with Crippen molar-refractivity contribution in [3.63, 3.8) is 0 Å². The summed E-state index contributed by atoms with van der Waals surface area (Å²) in [7, 11) is 0. The Kier molecular flexibility index (Phi) is 6.42. The second kappa shape index (κ2) is 7.58. The molecule has 1 heteroatoms. The Hall–Kier alpha value is -0.820. The van der Waals surface area contributed by atoms with Crippen molar-refractivity contribution < 1.29 is 5.11 Å². The van der Waals surface area contributed by atoms with E-state index in [-0.39, 0.29) is 12.0 Å². The molecular weight excluding hydrogens is 220 g/mol. The van der Waals surface area contributed by atoms with Crippen molar-refractivity contribution >= 4 is 0 Å². The molecule has 0 saturated heterocycles. The first-order chi connectivity index (χ1) is 8.56. The molecule has 3 unspecified atom stereocenters. The molecule has 0 amide bonds. The van der Waals surface area contributed by atoms with Crippen molar-refractivity contribution in [3.05, 3.63) is 35.9 Å². The summed E-state index contributed by atoms with van der Waals surface area (Å²) < 4.78 is 0. The SMILES string of the molecule is CCC(C)C(c1ccccc1)C(O)CCC(C)C. The summed E-state index contributed by atoms with van der Waals surface area (Å²) in [6.07, 6.45) is 2.89. The van der Waals surface area contributed by atoms with Gasteiger partial charge in [0.2, 0.25) is 0 Å². The zero-order valence-corrected chi connectivity index (χ0v) is 12.3. The monoisotopic (exact) mass is 248 g/mol. The molecule has 0 aliphatic rings. The Morgan fingerprint density at radius 2 is 1.61 bits per heavy atom. The van der Waals surface area contributed by atoms with Crippen LogP contribution in [0.2, 0.25) is 0 Å². The lowest BCUT2D eigenvalue weighted by Gasteiger charge is -2.29. The van der Waals surface area contributed by atoms with Crippen LogP contribution in [0.4, 0.5) is 0 Å². The van der Waals surface area contributed by atoms with Crippen molar-refractivity contribution in [1.29, 1.82) is 0 Å². The third kappa shape index (κ3) is 4.45. The van der Waals surface area contributed by atoms with Crippen LogP contribution in [0.3, 0.4) is 0 Å². The topological polar surface area (TPSA) is 20.2 Å². The van der Waals surface area contributed by atoms with Crippen molar-refractivity contribution in [2.45, 2.75) is 59.0 Å². The fraction of sp³-hybridized carbons (Fsp3) is 0.647. The molecule has 0 spiro atoms. The van der Waals surface area contributed by atoms with E-state index in [1.54, 1.807) is 0 Å². The maximum absolute atomic E-state index is 10.5. The van der Waals surface area contributed by atoms with Crippen LogP contribution in [0.25, 0.3) is 0 Å². The highest BCUT2D eigenvalue weighted by Gasteiger charge is 2.25. The van der Waals surface area contributed by atoms with Gasteiger partial charge in [-0.2, -0.15) is 0 Å². The summed E-state index contributed by atoms with van der Waals surface area (Å²) in [6.45, 7) is 8.88. The van der Waals surface area contributed by atoms with Crippen molar-refractivity contribution in [2.24, 2.45) is 11.8 Å². The lowest BCUT2D eigenvalue weighted by atomic mass is 9.79. The fourth-order valence-electron chi connectivity index (χ4n) is 2.54. The highest BCUT2D eigenvalue weighted by molar-refractivity contribution is 5.21. The van der Waals surface area contributed by atoms with Gasteiger partial charge in [-0.15, -0.1) is 0 Å². The molecule has 102 valence electrons. The zero-order chi connectivity index (χ0) is 13.5. The van der Waals surface area contributed by atoms with E-state index in [2.05, 4.69) is 52.0 Å². The Morgan fingerprint density at radius 3 is 2.11 bits per heavy atom. The first-order valence-electron chi connectivity index (χ1n) is 7.29. The number of rotatable bonds is 7. The summed E-state index contributed by atoms with van der Waals surface area (Å²) in [4.78, 5) is 0. The summed E-state index contributed by atoms with van der Waals surface area (Å²) in [6, 6.07) is 10.5. The Labute approximate surface area is 112 Å². The Morgan fingerprint density at radius 1 is 1.00 bits per heavy atom. The molecule has 18 heavy (non-hydrogen) atoms. The fourth-order valence-corrected chi connectivity index (χ4v) is 2.54. The number of aliphatic hydroxyl groups is 1. The molecule has 1 aromatic rings. The van der Waals surface area contributed by atoms with Gasteiger partial charge in [0, 0.05) is 5.92 Å². The molecule has 0 radical (unpaired) electrons. The van der Waals surface area contributed by atoms with Crippen LogP contribution in [0, 0.1) is 11.8 Å². The van der Waals surface area contributed by atoms with E-state index in [1.165, 1.54) is 5.56 Å². The van der Waals surface area contributed by atoms with Crippen LogP contribution in [-0.2, 0) is 0 Å². The van der Waals surface area contributed by atoms with Crippen LogP contribution in [-0.4, -0.2) is 11.2 Å². The van der Waals surface area contributed by atoms with Crippen LogP contribution in [0.5, 0.6) is 0 Å². The van der Waals surface area contributed by atoms with E-state index in [4.69, 9.17) is 0 Å². The standard InChI is InChI=1S/C17H28O/c1-5-14(4)17(15-9-7-6-8-10-15)16(18)12-11-13(2)3/h6-10,13-14,16-18H,5,11-12H2,1-4H3. The smallest absolute Gasteiger partial charge is 0.0611 e. The maximum Gasteiger partial charge on any atom is 0.0611 e. The van der Waals surface area contributed by atoms with Gasteiger partial charge in [-0.05, 0) is 30.2 Å². The van der Waals surface area contributed by atoms with Gasteiger partial charge in [0.1, 0.15) is 0 Å². The average molecular weight is 248 g/mol. The lowest BCUT2D eigenvalue weighted by Crippen LogP contribution is -2.24. The van der Waals surface area contributed by atoms with Gasteiger partial charge in [-0.25, -0.2) is 0 Å². The number of aliphatic hydroxyl groups excluding tert-OH is 1. The first-order valence-corrected chi connectivity index (χ1v) is 7.29. The molecule has 0 aromatic heterocycles. The summed E-state index contributed by atoms with van der Waals surface area (Å²) >= 11 is 0. The minimum atomic E-state index is -0.218. The minimum absolute atomic E-state index is 0.218. The Balaban J connectivity index is 2.78. The maximum atomic E-state index is 10.5. The van der Waals surface area contributed by atoms with E-state index >= 15 is 0 Å². The Bertz CT molecular complexity index is 318. The third-order valence-electron chi connectivity index (χ3n) is 3.90. The highest BCUT2D eigenvalue weighted by Crippen LogP contribution is 2.32. The molecule has 0 aliphatic carbocycles. The molecule has 3 atom stereocenters. The van der Waals surface area contributed by atoms with Gasteiger partial charge in [0.15, 0.2) is 0 Å². The molecular formula is C17H28O. The minimum Gasteiger partial charge on any atom is -0.392 e. The first kappa shape index (κ1) is 15.2. The van der Waals surface area contributed by atoms with Crippen LogP contribution in [0.15, 0.2) is 30.3 Å². The second-order valence-corrected chi connectivity index (χ2v) is 5.86. The summed E-state index contributed by atoms with van der Waals surface area (Å²) in [5.41, 5.74) is 1.28. The molecule has 1 aromatic carbocycles. The molecule has 0 bridgehead atoms. The van der Waals surface area contributed by atoms with Gasteiger partial charge in [0.05, 0.1) is 6.10 Å². The van der Waals surface area contributed by atoms with Crippen molar-refractivity contribution in [3.8, 4) is 0 Å². The second-order valence-electron chi connectivity index (χ2n) is 5.86. The normalized spacial score (nSPS) is 16.6. The lowest BCUT2D eigenvalue weighted by molar-refractivity contribution is 0.103. The van der Waals surface area contributed by atoms with E-state index in [0.717, 1.165) is 19.3 Å². The van der Waals surface area contributed by atoms with Gasteiger partial charge in [0.25, 0.3) is 0 Å². The predicted octanol–water partition coefficient (Wildman–Crippen LogP) is 4.61. The van der Waals surface area contributed by atoms with E-state index in [9.17, 15) is 5.11 Å². The summed E-state index contributed by atoms with van der Waals surface area (Å²) in [5, 5.41) is 10.5. The number of benzene rings is 1. The van der Waals surface area contributed by atoms with Crippen LogP contribution < -0.4 is 0 Å². The average Bonchev–Trinajstić information content (AvgIpc) is 2.37. The predicted molar refractivity (Wildman–Crippen MR) is 78.7 cm³/mol. The molecule has 0 fully saturated rings. The van der Waals surface area contributed by atoms with Gasteiger partial charge in [-0.3, -0.25) is 0 Å². The zero-order valence-electron chi connectivity index (χ0n) is 12.3. The number of hydrogen-bond donors (Lipinski definition) is 1. The molecule has 1 rings (SSSR count). The van der Waals surface area contributed by atoms with Gasteiger partial charge < -0.3 is 5.11 Å².